The molecule has 0 unspecified atom stereocenters. The molecule has 2 aromatic rings. The average molecular weight is 357 g/mol. The van der Waals surface area contributed by atoms with Crippen molar-refractivity contribution < 1.29 is 14.6 Å². The molecule has 25 heavy (non-hydrogen) atoms. The monoisotopic (exact) mass is 357 g/mol. The molecule has 0 aliphatic carbocycles. The molecule has 0 fully saturated rings. The van der Waals surface area contributed by atoms with Gasteiger partial charge in [0.2, 0.25) is 0 Å². The Hall–Kier alpha value is -2.80. The lowest BCUT2D eigenvalue weighted by atomic mass is 10.2. The summed E-state index contributed by atoms with van der Waals surface area (Å²) in [6.07, 6.45) is 3.19. The van der Waals surface area contributed by atoms with Crippen LogP contribution in [0, 0.1) is 0 Å². The number of thioether (sulfide) groups is 1. The van der Waals surface area contributed by atoms with Crippen molar-refractivity contribution in [2.24, 2.45) is 4.99 Å². The lowest BCUT2D eigenvalue weighted by Gasteiger charge is -2.12. The topological polar surface area (TPSA) is 83.8 Å². The maximum atomic E-state index is 10.5. The Balaban J connectivity index is 1.98. The predicted octanol–water partition coefficient (Wildman–Crippen LogP) is 3.78. The first-order chi connectivity index (χ1) is 12.2. The van der Waals surface area contributed by atoms with Gasteiger partial charge in [0.15, 0.2) is 16.7 Å². The van der Waals surface area contributed by atoms with Gasteiger partial charge in [0.05, 0.1) is 6.42 Å². The van der Waals surface area contributed by atoms with Crippen molar-refractivity contribution in [3.05, 3.63) is 65.7 Å². The van der Waals surface area contributed by atoms with E-state index >= 15 is 0 Å². The summed E-state index contributed by atoms with van der Waals surface area (Å²) in [6, 6.07) is 13.5. The molecule has 0 atom stereocenters. The van der Waals surface area contributed by atoms with Crippen LogP contribution in [-0.2, 0) is 11.4 Å². The van der Waals surface area contributed by atoms with E-state index in [0.717, 1.165) is 5.56 Å². The molecule has 2 N–H and O–H groups in total. The largest absolute Gasteiger partial charge is 0.485 e. The van der Waals surface area contributed by atoms with E-state index in [1.807, 2.05) is 36.4 Å². The third-order valence-corrected chi connectivity index (χ3v) is 3.84. The second-order valence-electron chi connectivity index (χ2n) is 4.87. The Labute approximate surface area is 150 Å². The minimum absolute atomic E-state index is 0.0288. The highest BCUT2D eigenvalue weighted by atomic mass is 32.2. The molecule has 0 aliphatic rings. The van der Waals surface area contributed by atoms with Crippen LogP contribution in [0.15, 0.2) is 65.1 Å². The molecule has 0 spiro atoms. The molecule has 0 aliphatic heterocycles. The van der Waals surface area contributed by atoms with E-state index in [0.29, 0.717) is 23.3 Å². The molecule has 1 heterocycles. The van der Waals surface area contributed by atoms with Gasteiger partial charge in [-0.25, -0.2) is 4.98 Å². The fourth-order valence-electron chi connectivity index (χ4n) is 1.84. The lowest BCUT2D eigenvalue weighted by molar-refractivity contribution is -0.135. The van der Waals surface area contributed by atoms with Gasteiger partial charge in [-0.2, -0.15) is 0 Å². The van der Waals surface area contributed by atoms with E-state index in [4.69, 9.17) is 9.84 Å². The quantitative estimate of drug-likeness (QED) is 0.579. The van der Waals surface area contributed by atoms with Crippen LogP contribution in [0.4, 0.5) is 5.82 Å². The number of anilines is 1. The van der Waals surface area contributed by atoms with Crippen LogP contribution in [0.5, 0.6) is 5.75 Å². The predicted molar refractivity (Wildman–Crippen MR) is 101 cm³/mol. The number of aromatic nitrogens is 1. The summed E-state index contributed by atoms with van der Waals surface area (Å²) < 4.78 is 5.84. The number of carboxylic acids is 1. The second kappa shape index (κ2) is 10.1. The molecule has 0 bridgehead atoms. The zero-order chi connectivity index (χ0) is 17.9. The molecule has 0 saturated heterocycles. The number of nitrogens with zero attached hydrogens (tertiary/aromatic N) is 2. The van der Waals surface area contributed by atoms with Crippen LogP contribution in [-0.4, -0.2) is 28.3 Å². The molecule has 0 radical (unpaired) electrons. The van der Waals surface area contributed by atoms with E-state index < -0.39 is 5.97 Å². The molecular formula is C18H19N3O3S. The number of carbonyl (C=O) groups is 1. The number of carboxylic acid groups (broad SMARTS) is 1. The Morgan fingerprint density at radius 3 is 2.84 bits per heavy atom. The van der Waals surface area contributed by atoms with Crippen molar-refractivity contribution in [2.75, 3.05) is 12.4 Å². The van der Waals surface area contributed by atoms with Gasteiger partial charge in [0.25, 0.3) is 0 Å². The number of amidine groups is 1. The maximum absolute atomic E-state index is 10.5. The van der Waals surface area contributed by atoms with Gasteiger partial charge in [-0.1, -0.05) is 48.2 Å². The molecular weight excluding hydrogens is 338 g/mol. The SMILES string of the molecule is CN=C(Nc1ncccc1OCc1ccccc1)S/C=C/CC(=O)O. The minimum Gasteiger partial charge on any atom is -0.485 e. The molecule has 1 aromatic heterocycles. The Morgan fingerprint density at radius 2 is 2.12 bits per heavy atom. The van der Waals surface area contributed by atoms with E-state index in [1.165, 1.54) is 11.8 Å². The first-order valence-electron chi connectivity index (χ1n) is 7.58. The second-order valence-corrected chi connectivity index (χ2v) is 5.76. The third-order valence-electron chi connectivity index (χ3n) is 3.00. The van der Waals surface area contributed by atoms with Gasteiger partial charge in [-0.15, -0.1) is 0 Å². The van der Waals surface area contributed by atoms with Crippen molar-refractivity contribution in [3.63, 3.8) is 0 Å². The Morgan fingerprint density at radius 1 is 1.32 bits per heavy atom. The highest BCUT2D eigenvalue weighted by Gasteiger charge is 2.07. The van der Waals surface area contributed by atoms with Crippen LogP contribution in [0.1, 0.15) is 12.0 Å². The summed E-state index contributed by atoms with van der Waals surface area (Å²) in [4.78, 5) is 18.9. The van der Waals surface area contributed by atoms with Crippen LogP contribution in [0.3, 0.4) is 0 Å². The minimum atomic E-state index is -0.874. The molecule has 6 nitrogen and oxygen atoms in total. The number of aliphatic carboxylic acids is 1. The van der Waals surface area contributed by atoms with Crippen molar-refractivity contribution in [2.45, 2.75) is 13.0 Å². The number of hydrogen-bond acceptors (Lipinski definition) is 5. The lowest BCUT2D eigenvalue weighted by Crippen LogP contribution is -2.10. The van der Waals surface area contributed by atoms with Crippen molar-refractivity contribution in [3.8, 4) is 5.75 Å². The maximum Gasteiger partial charge on any atom is 0.307 e. The van der Waals surface area contributed by atoms with E-state index in [1.54, 1.807) is 30.8 Å². The average Bonchev–Trinajstić information content (AvgIpc) is 2.64. The fraction of sp³-hybridized carbons (Fsp3) is 0.167. The van der Waals surface area contributed by atoms with E-state index in [2.05, 4.69) is 15.3 Å². The number of aliphatic imine (C=N–C) groups is 1. The third kappa shape index (κ3) is 6.68. The molecule has 1 aromatic carbocycles. The standard InChI is InChI=1S/C18H19N3O3S/c1-19-18(25-12-6-10-16(22)23)21-17-15(9-5-11-20-17)24-13-14-7-3-2-4-8-14/h2-9,11-12H,10,13H2,1H3,(H,22,23)(H,19,20,21)/b12-6+. The molecule has 0 amide bonds. The van der Waals surface area contributed by atoms with E-state index in [-0.39, 0.29) is 6.42 Å². The van der Waals surface area contributed by atoms with Crippen LogP contribution in [0.25, 0.3) is 0 Å². The summed E-state index contributed by atoms with van der Waals surface area (Å²) in [6.45, 7) is 0.436. The number of ether oxygens (including phenoxy) is 1. The first kappa shape index (κ1) is 18.5. The van der Waals surface area contributed by atoms with Crippen LogP contribution in [0.2, 0.25) is 0 Å². The molecule has 0 saturated carbocycles. The zero-order valence-electron chi connectivity index (χ0n) is 13.8. The normalized spacial score (nSPS) is 11.5. The van der Waals surface area contributed by atoms with Crippen LogP contribution < -0.4 is 10.1 Å². The first-order valence-corrected chi connectivity index (χ1v) is 8.46. The molecule has 7 heteroatoms. The fourth-order valence-corrected chi connectivity index (χ4v) is 2.42. The number of nitrogens with one attached hydrogen (secondary N) is 1. The van der Waals surface area contributed by atoms with E-state index in [9.17, 15) is 4.79 Å². The van der Waals surface area contributed by atoms with Crippen LogP contribution >= 0.6 is 11.8 Å². The Kier molecular flexibility index (Phi) is 7.52. The van der Waals surface area contributed by atoms with Gasteiger partial charge in [-0.3, -0.25) is 9.79 Å². The number of pyridine rings is 1. The van der Waals surface area contributed by atoms with Crippen molar-refractivity contribution >= 4 is 28.7 Å². The Bertz CT molecular complexity index is 748. The highest BCUT2D eigenvalue weighted by molar-refractivity contribution is 8.16. The summed E-state index contributed by atoms with van der Waals surface area (Å²) in [5, 5.41) is 14.0. The van der Waals surface area contributed by atoms with Crippen molar-refractivity contribution in [1.82, 2.24) is 4.98 Å². The van der Waals surface area contributed by atoms with Gasteiger partial charge >= 0.3 is 5.97 Å². The summed E-state index contributed by atoms with van der Waals surface area (Å²) in [5.74, 6) is 0.293. The number of benzene rings is 1. The summed E-state index contributed by atoms with van der Waals surface area (Å²) in [5.41, 5.74) is 1.06. The van der Waals surface area contributed by atoms with Gasteiger partial charge in [0, 0.05) is 13.2 Å². The smallest absolute Gasteiger partial charge is 0.307 e. The zero-order valence-corrected chi connectivity index (χ0v) is 14.6. The molecule has 130 valence electrons. The number of hydrogen-bond donors (Lipinski definition) is 2. The number of rotatable bonds is 7. The molecule has 2 rings (SSSR count). The summed E-state index contributed by atoms with van der Waals surface area (Å²) >= 11 is 1.28. The van der Waals surface area contributed by atoms with Gasteiger partial charge in [0.1, 0.15) is 6.61 Å². The van der Waals surface area contributed by atoms with Crippen molar-refractivity contribution in [1.29, 1.82) is 0 Å². The highest BCUT2D eigenvalue weighted by Crippen LogP contribution is 2.23. The van der Waals surface area contributed by atoms with Gasteiger partial charge in [-0.05, 0) is 23.1 Å². The summed E-state index contributed by atoms with van der Waals surface area (Å²) in [7, 11) is 1.65. The van der Waals surface area contributed by atoms with Gasteiger partial charge < -0.3 is 15.2 Å².